The number of benzene rings is 1. The molecule has 0 aromatic heterocycles. The van der Waals surface area contributed by atoms with Gasteiger partial charge >= 0.3 is 0 Å². The van der Waals surface area contributed by atoms with Crippen molar-refractivity contribution in [2.75, 3.05) is 13.7 Å². The number of nitrogens with one attached hydrogen (secondary N) is 2. The molecule has 2 atom stereocenters. The van der Waals surface area contributed by atoms with Gasteiger partial charge in [0.25, 0.3) is 0 Å². The van der Waals surface area contributed by atoms with E-state index in [0.717, 1.165) is 10.0 Å². The number of hydrogen-bond donors (Lipinski definition) is 2. The van der Waals surface area contributed by atoms with Gasteiger partial charge < -0.3 is 15.4 Å². The molecule has 6 heteroatoms. The smallest absolute Gasteiger partial charge is 0.237 e. The molecular weight excluding hydrogens is 315 g/mol. The van der Waals surface area contributed by atoms with Crippen LogP contribution in [0.5, 0.6) is 5.75 Å². The summed E-state index contributed by atoms with van der Waals surface area (Å²) >= 11 is 3.38. The Morgan fingerprint density at radius 2 is 2.42 bits per heavy atom. The van der Waals surface area contributed by atoms with Crippen LogP contribution in [0, 0.1) is 0 Å². The zero-order valence-corrected chi connectivity index (χ0v) is 12.2. The van der Waals surface area contributed by atoms with Gasteiger partial charge in [-0.05, 0) is 18.2 Å². The highest BCUT2D eigenvalue weighted by Crippen LogP contribution is 2.22. The summed E-state index contributed by atoms with van der Waals surface area (Å²) in [4.78, 5) is 11.9. The van der Waals surface area contributed by atoms with Gasteiger partial charge in [-0.15, -0.1) is 0 Å². The fraction of sp³-hybridized carbons (Fsp3) is 0.462. The van der Waals surface area contributed by atoms with Crippen LogP contribution in [-0.4, -0.2) is 31.8 Å². The highest BCUT2D eigenvalue weighted by Gasteiger charge is 2.28. The molecule has 1 heterocycles. The summed E-state index contributed by atoms with van der Waals surface area (Å²) in [6.45, 7) is 0.606. The first-order valence-corrected chi connectivity index (χ1v) is 6.87. The number of rotatable bonds is 4. The van der Waals surface area contributed by atoms with Crippen molar-refractivity contribution in [3.63, 3.8) is 0 Å². The highest BCUT2D eigenvalue weighted by molar-refractivity contribution is 9.10. The maximum Gasteiger partial charge on any atom is 0.237 e. The summed E-state index contributed by atoms with van der Waals surface area (Å²) < 4.78 is 19.1. The Labute approximate surface area is 119 Å². The predicted octanol–water partition coefficient (Wildman–Crippen LogP) is 1.77. The molecule has 1 aromatic rings. The fourth-order valence-corrected chi connectivity index (χ4v) is 2.49. The number of amides is 1. The number of alkyl halides is 1. The molecule has 1 aliphatic rings. The third-order valence-electron chi connectivity index (χ3n) is 3.09. The third kappa shape index (κ3) is 3.67. The SMILES string of the molecule is COc1ccc(Br)cc1CNC(=O)[C@H]1C[C@H](F)CN1. The summed E-state index contributed by atoms with van der Waals surface area (Å²) in [6, 6.07) is 5.15. The quantitative estimate of drug-likeness (QED) is 0.884. The normalized spacial score (nSPS) is 22.3. The van der Waals surface area contributed by atoms with E-state index in [2.05, 4.69) is 26.6 Å². The number of ether oxygens (including phenoxy) is 1. The topological polar surface area (TPSA) is 50.4 Å². The largest absolute Gasteiger partial charge is 0.496 e. The van der Waals surface area contributed by atoms with Gasteiger partial charge in [-0.3, -0.25) is 4.79 Å². The van der Waals surface area contributed by atoms with Crippen LogP contribution in [0.3, 0.4) is 0 Å². The van der Waals surface area contributed by atoms with Crippen LogP contribution >= 0.6 is 15.9 Å². The molecule has 4 nitrogen and oxygen atoms in total. The van der Waals surface area contributed by atoms with E-state index < -0.39 is 12.2 Å². The number of carbonyl (C=O) groups is 1. The van der Waals surface area contributed by atoms with E-state index in [0.29, 0.717) is 12.3 Å². The summed E-state index contributed by atoms with van der Waals surface area (Å²) in [5, 5.41) is 5.65. The van der Waals surface area contributed by atoms with Gasteiger partial charge in [0.05, 0.1) is 13.2 Å². The van der Waals surface area contributed by atoms with Crippen LogP contribution < -0.4 is 15.4 Å². The van der Waals surface area contributed by atoms with Crippen molar-refractivity contribution in [2.45, 2.75) is 25.2 Å². The van der Waals surface area contributed by atoms with Gasteiger partial charge in [0, 0.05) is 29.5 Å². The molecule has 2 N–H and O–H groups in total. The molecule has 0 spiro atoms. The second-order valence-electron chi connectivity index (χ2n) is 4.47. The molecule has 1 fully saturated rings. The van der Waals surface area contributed by atoms with Crippen LogP contribution in [-0.2, 0) is 11.3 Å². The summed E-state index contributed by atoms with van der Waals surface area (Å²) in [5.74, 6) is 0.536. The van der Waals surface area contributed by atoms with Gasteiger partial charge in [0.15, 0.2) is 0 Å². The minimum atomic E-state index is -0.934. The molecule has 1 amide bonds. The number of halogens is 2. The summed E-state index contributed by atoms with van der Waals surface area (Å²) in [6.07, 6.45) is -0.697. The Morgan fingerprint density at radius 1 is 1.63 bits per heavy atom. The average molecular weight is 331 g/mol. The Morgan fingerprint density at radius 3 is 3.05 bits per heavy atom. The van der Waals surface area contributed by atoms with Crippen molar-refractivity contribution in [1.29, 1.82) is 0 Å². The van der Waals surface area contributed by atoms with Crippen molar-refractivity contribution in [1.82, 2.24) is 10.6 Å². The zero-order chi connectivity index (χ0) is 13.8. The first-order chi connectivity index (χ1) is 9.10. The molecule has 1 aliphatic heterocycles. The number of carbonyl (C=O) groups excluding carboxylic acids is 1. The Kier molecular flexibility index (Phi) is 4.76. The molecule has 1 saturated heterocycles. The van der Waals surface area contributed by atoms with E-state index in [1.54, 1.807) is 7.11 Å². The van der Waals surface area contributed by atoms with E-state index in [1.165, 1.54) is 0 Å². The molecule has 0 aliphatic carbocycles. The first-order valence-electron chi connectivity index (χ1n) is 6.07. The second-order valence-corrected chi connectivity index (χ2v) is 5.38. The van der Waals surface area contributed by atoms with Crippen LogP contribution in [0.4, 0.5) is 4.39 Å². The second kappa shape index (κ2) is 6.34. The van der Waals surface area contributed by atoms with E-state index in [1.807, 2.05) is 18.2 Å². The molecule has 104 valence electrons. The van der Waals surface area contributed by atoms with Crippen LogP contribution in [0.1, 0.15) is 12.0 Å². The maximum atomic E-state index is 13.0. The summed E-state index contributed by atoms with van der Waals surface area (Å²) in [5.41, 5.74) is 0.875. The van der Waals surface area contributed by atoms with Crippen molar-refractivity contribution in [3.8, 4) is 5.75 Å². The van der Waals surface area contributed by atoms with Crippen molar-refractivity contribution in [2.24, 2.45) is 0 Å². The van der Waals surface area contributed by atoms with E-state index in [-0.39, 0.29) is 18.9 Å². The van der Waals surface area contributed by atoms with Gasteiger partial charge in [-0.1, -0.05) is 15.9 Å². The molecular formula is C13H16BrFN2O2. The minimum absolute atomic E-state index is 0.179. The van der Waals surface area contributed by atoms with Crippen molar-refractivity contribution >= 4 is 21.8 Å². The highest BCUT2D eigenvalue weighted by atomic mass is 79.9. The minimum Gasteiger partial charge on any atom is -0.496 e. The van der Waals surface area contributed by atoms with Gasteiger partial charge in [0.1, 0.15) is 11.9 Å². The van der Waals surface area contributed by atoms with Crippen LogP contribution in [0.15, 0.2) is 22.7 Å². The molecule has 0 unspecified atom stereocenters. The fourth-order valence-electron chi connectivity index (χ4n) is 2.08. The van der Waals surface area contributed by atoms with Crippen LogP contribution in [0.2, 0.25) is 0 Å². The van der Waals surface area contributed by atoms with Gasteiger partial charge in [0.2, 0.25) is 5.91 Å². The number of hydrogen-bond acceptors (Lipinski definition) is 3. The van der Waals surface area contributed by atoms with E-state index in [4.69, 9.17) is 4.74 Å². The summed E-state index contributed by atoms with van der Waals surface area (Å²) in [7, 11) is 1.58. The standard InChI is InChI=1S/C13H16BrFN2O2/c1-19-12-3-2-9(14)4-8(12)6-17-13(18)11-5-10(15)7-16-11/h2-4,10-11,16H,5-7H2,1H3,(H,17,18)/t10-,11+/m0/s1. The van der Waals surface area contributed by atoms with E-state index in [9.17, 15) is 9.18 Å². The Balaban J connectivity index is 1.95. The maximum absolute atomic E-state index is 13.0. The Bertz CT molecular complexity index is 470. The molecule has 2 rings (SSSR count). The lowest BCUT2D eigenvalue weighted by atomic mass is 10.1. The van der Waals surface area contributed by atoms with Crippen molar-refractivity contribution < 1.29 is 13.9 Å². The molecule has 1 aromatic carbocycles. The Hall–Kier alpha value is -1.14. The monoisotopic (exact) mass is 330 g/mol. The first kappa shape index (κ1) is 14.3. The van der Waals surface area contributed by atoms with E-state index >= 15 is 0 Å². The molecule has 0 radical (unpaired) electrons. The predicted molar refractivity (Wildman–Crippen MR) is 73.8 cm³/mol. The molecule has 0 bridgehead atoms. The van der Waals surface area contributed by atoms with Gasteiger partial charge in [-0.2, -0.15) is 0 Å². The van der Waals surface area contributed by atoms with Gasteiger partial charge in [-0.25, -0.2) is 4.39 Å². The zero-order valence-electron chi connectivity index (χ0n) is 10.6. The lowest BCUT2D eigenvalue weighted by Gasteiger charge is -2.13. The lowest BCUT2D eigenvalue weighted by Crippen LogP contribution is -2.40. The molecule has 0 saturated carbocycles. The average Bonchev–Trinajstić information content (AvgIpc) is 2.83. The number of methoxy groups -OCH3 is 1. The molecule has 19 heavy (non-hydrogen) atoms. The lowest BCUT2D eigenvalue weighted by molar-refractivity contribution is -0.123. The van der Waals surface area contributed by atoms with Crippen molar-refractivity contribution in [3.05, 3.63) is 28.2 Å². The van der Waals surface area contributed by atoms with Crippen LogP contribution in [0.25, 0.3) is 0 Å². The third-order valence-corrected chi connectivity index (χ3v) is 3.58.